The van der Waals surface area contributed by atoms with E-state index in [1.807, 2.05) is 0 Å². The van der Waals surface area contributed by atoms with E-state index in [4.69, 9.17) is 0 Å². The van der Waals surface area contributed by atoms with Crippen LogP contribution in [0.1, 0.15) is 17.5 Å². The Hall–Kier alpha value is -2.05. The first-order valence-electron chi connectivity index (χ1n) is 5.94. The van der Waals surface area contributed by atoms with Crippen LogP contribution in [0.25, 0.3) is 0 Å². The van der Waals surface area contributed by atoms with Crippen LogP contribution in [0, 0.1) is 0 Å². The van der Waals surface area contributed by atoms with Gasteiger partial charge in [-0.2, -0.15) is 13.2 Å². The maximum absolute atomic E-state index is 12.3. The first-order valence-corrected chi connectivity index (χ1v) is 5.94. The van der Waals surface area contributed by atoms with Gasteiger partial charge in [0.15, 0.2) is 0 Å². The second-order valence-corrected chi connectivity index (χ2v) is 4.78. The van der Waals surface area contributed by atoms with Crippen molar-refractivity contribution >= 4 is 11.9 Å². The summed E-state index contributed by atoms with van der Waals surface area (Å²) < 4.78 is 37.0. The number of carboxylic acid groups (broad SMARTS) is 1. The number of alkyl halides is 3. The van der Waals surface area contributed by atoms with Crippen molar-refractivity contribution in [1.29, 1.82) is 0 Å². The molecule has 1 amide bonds. The van der Waals surface area contributed by atoms with Crippen LogP contribution in [0.15, 0.2) is 24.3 Å². The van der Waals surface area contributed by atoms with E-state index in [0.717, 1.165) is 5.56 Å². The fourth-order valence-electron chi connectivity index (χ4n) is 2.37. The third-order valence-corrected chi connectivity index (χ3v) is 3.45. The molecule has 0 radical (unpaired) electrons. The summed E-state index contributed by atoms with van der Waals surface area (Å²) in [6, 6.07) is 6.92. The van der Waals surface area contributed by atoms with Gasteiger partial charge in [0.05, 0.1) is 0 Å². The maximum Gasteiger partial charge on any atom is 0.471 e. The molecule has 1 aliphatic rings. The number of halogens is 3. The quantitative estimate of drug-likeness (QED) is 0.869. The monoisotopic (exact) mass is 287 g/mol. The van der Waals surface area contributed by atoms with E-state index in [1.165, 1.54) is 0 Å². The van der Waals surface area contributed by atoms with E-state index < -0.39 is 23.6 Å². The summed E-state index contributed by atoms with van der Waals surface area (Å²) in [7, 11) is 0. The zero-order chi connectivity index (χ0) is 15.0. The fourth-order valence-corrected chi connectivity index (χ4v) is 2.37. The number of nitrogens with one attached hydrogen (secondary N) is 1. The molecular formula is C13H12F3NO3. The average Bonchev–Trinajstić information content (AvgIpc) is 2.37. The molecule has 0 spiro atoms. The second-order valence-electron chi connectivity index (χ2n) is 4.78. The molecule has 1 aliphatic carbocycles. The van der Waals surface area contributed by atoms with E-state index in [2.05, 4.69) is 0 Å². The van der Waals surface area contributed by atoms with Gasteiger partial charge in [0.25, 0.3) is 0 Å². The van der Waals surface area contributed by atoms with Crippen LogP contribution < -0.4 is 5.32 Å². The molecule has 2 rings (SSSR count). The SMILES string of the molecule is O=C(N[C@@]1(C(=O)O)CCc2ccccc2C1)C(F)(F)F. The van der Waals surface area contributed by atoms with Gasteiger partial charge in [0.1, 0.15) is 5.54 Å². The number of amides is 1. The molecule has 0 saturated heterocycles. The Bertz CT molecular complexity index is 556. The minimum absolute atomic E-state index is 0.0683. The molecule has 0 heterocycles. The van der Waals surface area contributed by atoms with Crippen molar-refractivity contribution in [3.63, 3.8) is 0 Å². The number of aryl methyl sites for hydroxylation is 1. The van der Waals surface area contributed by atoms with Crippen LogP contribution in [0.5, 0.6) is 0 Å². The molecule has 1 aromatic carbocycles. The van der Waals surface area contributed by atoms with Gasteiger partial charge in [-0.1, -0.05) is 24.3 Å². The smallest absolute Gasteiger partial charge is 0.471 e. The Kier molecular flexibility index (Phi) is 3.45. The lowest BCUT2D eigenvalue weighted by Gasteiger charge is -2.35. The number of hydrogen-bond acceptors (Lipinski definition) is 2. The van der Waals surface area contributed by atoms with E-state index in [-0.39, 0.29) is 12.8 Å². The van der Waals surface area contributed by atoms with Crippen LogP contribution in [-0.2, 0) is 22.4 Å². The third kappa shape index (κ3) is 2.61. The molecule has 20 heavy (non-hydrogen) atoms. The number of benzene rings is 1. The number of carbonyl (C=O) groups is 2. The maximum atomic E-state index is 12.3. The summed E-state index contributed by atoms with van der Waals surface area (Å²) in [6.07, 6.45) is -5.01. The summed E-state index contributed by atoms with van der Waals surface area (Å²) in [5.74, 6) is -3.68. The molecule has 0 aromatic heterocycles. The van der Waals surface area contributed by atoms with Crippen LogP contribution in [0.4, 0.5) is 13.2 Å². The molecule has 1 aromatic rings. The number of hydrogen-bond donors (Lipinski definition) is 2. The molecule has 4 nitrogen and oxygen atoms in total. The van der Waals surface area contributed by atoms with E-state index in [0.29, 0.717) is 12.0 Å². The fraction of sp³-hybridized carbons (Fsp3) is 0.385. The molecule has 0 aliphatic heterocycles. The van der Waals surface area contributed by atoms with Gasteiger partial charge in [-0.05, 0) is 24.0 Å². The molecular weight excluding hydrogens is 275 g/mol. The van der Waals surface area contributed by atoms with Gasteiger partial charge in [-0.3, -0.25) is 4.79 Å². The highest BCUT2D eigenvalue weighted by Gasteiger charge is 2.48. The van der Waals surface area contributed by atoms with E-state index in [9.17, 15) is 27.9 Å². The number of carboxylic acids is 1. The molecule has 2 N–H and O–H groups in total. The Labute approximate surface area is 112 Å². The van der Waals surface area contributed by atoms with Crippen molar-refractivity contribution < 1.29 is 27.9 Å². The van der Waals surface area contributed by atoms with Gasteiger partial charge < -0.3 is 10.4 Å². The van der Waals surface area contributed by atoms with E-state index in [1.54, 1.807) is 29.6 Å². The minimum atomic E-state index is -5.10. The summed E-state index contributed by atoms with van der Waals surface area (Å²) in [5, 5.41) is 10.9. The summed E-state index contributed by atoms with van der Waals surface area (Å²) in [6.45, 7) is 0. The van der Waals surface area contributed by atoms with Crippen LogP contribution in [0.3, 0.4) is 0 Å². The first-order chi connectivity index (χ1) is 9.24. The number of carbonyl (C=O) groups excluding carboxylic acids is 1. The minimum Gasteiger partial charge on any atom is -0.479 e. The van der Waals surface area contributed by atoms with Gasteiger partial charge in [-0.15, -0.1) is 0 Å². The predicted molar refractivity (Wildman–Crippen MR) is 63.0 cm³/mol. The molecule has 108 valence electrons. The normalized spacial score (nSPS) is 21.9. The second kappa shape index (κ2) is 4.81. The standard InChI is InChI=1S/C13H12F3NO3/c14-13(15,16)10(18)17-12(11(19)20)6-5-8-3-1-2-4-9(8)7-12/h1-4H,5-7H2,(H,17,18)(H,19,20)/t12-/m0/s1. The van der Waals surface area contributed by atoms with Crippen molar-refractivity contribution in [2.45, 2.75) is 31.0 Å². The average molecular weight is 287 g/mol. The largest absolute Gasteiger partial charge is 0.479 e. The van der Waals surface area contributed by atoms with Gasteiger partial charge in [0.2, 0.25) is 0 Å². The highest BCUT2D eigenvalue weighted by molar-refractivity contribution is 5.90. The Morgan fingerprint density at radius 3 is 2.35 bits per heavy atom. The van der Waals surface area contributed by atoms with Gasteiger partial charge in [0, 0.05) is 6.42 Å². The zero-order valence-corrected chi connectivity index (χ0v) is 10.3. The van der Waals surface area contributed by atoms with Gasteiger partial charge in [-0.25, -0.2) is 4.79 Å². The molecule has 0 fully saturated rings. The zero-order valence-electron chi connectivity index (χ0n) is 10.3. The Morgan fingerprint density at radius 2 is 1.80 bits per heavy atom. The van der Waals surface area contributed by atoms with Crippen LogP contribution in [-0.4, -0.2) is 28.7 Å². The topological polar surface area (TPSA) is 66.4 Å². The number of fused-ring (bicyclic) bond motifs is 1. The van der Waals surface area contributed by atoms with Crippen molar-refractivity contribution in [3.05, 3.63) is 35.4 Å². The molecule has 1 atom stereocenters. The van der Waals surface area contributed by atoms with Crippen molar-refractivity contribution in [2.24, 2.45) is 0 Å². The molecule has 0 bridgehead atoms. The first kappa shape index (κ1) is 14.4. The number of aliphatic carboxylic acids is 1. The lowest BCUT2D eigenvalue weighted by Crippen LogP contribution is -2.60. The molecule has 0 unspecified atom stereocenters. The Morgan fingerprint density at radius 1 is 1.20 bits per heavy atom. The van der Waals surface area contributed by atoms with Gasteiger partial charge >= 0.3 is 18.1 Å². The van der Waals surface area contributed by atoms with E-state index >= 15 is 0 Å². The highest BCUT2D eigenvalue weighted by Crippen LogP contribution is 2.30. The predicted octanol–water partition coefficient (Wildman–Crippen LogP) is 1.68. The lowest BCUT2D eigenvalue weighted by atomic mass is 9.78. The summed E-state index contributed by atoms with van der Waals surface area (Å²) in [4.78, 5) is 22.4. The molecule has 7 heteroatoms. The summed E-state index contributed by atoms with van der Waals surface area (Å²) in [5.41, 5.74) is -0.365. The third-order valence-electron chi connectivity index (χ3n) is 3.45. The van der Waals surface area contributed by atoms with Crippen molar-refractivity contribution in [1.82, 2.24) is 5.32 Å². The van der Waals surface area contributed by atoms with Crippen LogP contribution in [0.2, 0.25) is 0 Å². The Balaban J connectivity index is 2.30. The lowest BCUT2D eigenvalue weighted by molar-refractivity contribution is -0.178. The van der Waals surface area contributed by atoms with Crippen LogP contribution >= 0.6 is 0 Å². The van der Waals surface area contributed by atoms with Crippen molar-refractivity contribution in [3.8, 4) is 0 Å². The van der Waals surface area contributed by atoms with Crippen molar-refractivity contribution in [2.75, 3.05) is 0 Å². The summed E-state index contributed by atoms with van der Waals surface area (Å²) >= 11 is 0. The number of rotatable bonds is 2. The highest BCUT2D eigenvalue weighted by atomic mass is 19.4. The molecule has 0 saturated carbocycles.